The van der Waals surface area contributed by atoms with Gasteiger partial charge in [-0.15, -0.1) is 0 Å². The lowest BCUT2D eigenvalue weighted by Gasteiger charge is -2.39. The third-order valence-electron chi connectivity index (χ3n) is 7.12. The van der Waals surface area contributed by atoms with Crippen LogP contribution in [0, 0.1) is 11.3 Å². The second-order valence-electron chi connectivity index (χ2n) is 10.5. The van der Waals surface area contributed by atoms with Crippen molar-refractivity contribution in [2.75, 3.05) is 26.6 Å². The number of hydrogen-bond donors (Lipinski definition) is 1. The quantitative estimate of drug-likeness (QED) is 0.469. The van der Waals surface area contributed by atoms with E-state index < -0.39 is 29.5 Å². The molecule has 1 unspecified atom stereocenters. The van der Waals surface area contributed by atoms with Crippen molar-refractivity contribution in [1.82, 2.24) is 0 Å². The second-order valence-corrected chi connectivity index (χ2v) is 10.5. The zero-order valence-corrected chi connectivity index (χ0v) is 22.7. The number of ketones is 1. The fourth-order valence-corrected chi connectivity index (χ4v) is 5.48. The fraction of sp³-hybridized carbons (Fsp3) is 0.414. The first-order valence-electron chi connectivity index (χ1n) is 12.4. The molecule has 0 spiro atoms. The van der Waals surface area contributed by atoms with Crippen LogP contribution in [-0.2, 0) is 15.8 Å². The summed E-state index contributed by atoms with van der Waals surface area (Å²) in [7, 11) is 4.36. The van der Waals surface area contributed by atoms with E-state index in [-0.39, 0.29) is 23.3 Å². The van der Waals surface area contributed by atoms with E-state index in [0.29, 0.717) is 46.2 Å². The van der Waals surface area contributed by atoms with Gasteiger partial charge in [0.05, 0.1) is 38.5 Å². The van der Waals surface area contributed by atoms with Gasteiger partial charge in [-0.25, -0.2) is 0 Å². The molecular weight excluding hydrogens is 513 g/mol. The van der Waals surface area contributed by atoms with E-state index in [1.165, 1.54) is 39.5 Å². The molecule has 7 nitrogen and oxygen atoms in total. The number of methoxy groups -OCH3 is 3. The minimum Gasteiger partial charge on any atom is -0.493 e. The Morgan fingerprint density at radius 2 is 1.64 bits per heavy atom. The summed E-state index contributed by atoms with van der Waals surface area (Å²) in [6, 6.07) is 8.09. The normalized spacial score (nSPS) is 20.6. The summed E-state index contributed by atoms with van der Waals surface area (Å²) in [5.74, 6) is -1.82. The summed E-state index contributed by atoms with van der Waals surface area (Å²) < 4.78 is 57.5. The number of Topliss-reactive ketones (excluding diaryl/α,β-unsaturated/α-hetero) is 1. The van der Waals surface area contributed by atoms with Crippen LogP contribution in [0.4, 0.5) is 18.9 Å². The lowest BCUT2D eigenvalue weighted by atomic mass is 9.66. The number of anilines is 1. The monoisotopic (exact) mass is 544 g/mol. The van der Waals surface area contributed by atoms with Crippen molar-refractivity contribution in [3.05, 3.63) is 58.8 Å². The number of halogens is 3. The number of rotatable bonds is 6. The SMILES string of the molecule is COc1cc([C@H]2C3=C(CC(C)(C)CC3=O)N=C(C)C2C(=O)Nc2ccccc2C(F)(F)F)cc(OC)c1OC. The number of nitrogens with zero attached hydrogens (tertiary/aromatic N) is 1. The van der Waals surface area contributed by atoms with Gasteiger partial charge in [0.1, 0.15) is 0 Å². The van der Waals surface area contributed by atoms with Gasteiger partial charge in [-0.2, -0.15) is 13.2 Å². The Bertz CT molecular complexity index is 1350. The van der Waals surface area contributed by atoms with E-state index in [1.807, 2.05) is 13.8 Å². The molecule has 0 aromatic heterocycles. The summed E-state index contributed by atoms with van der Waals surface area (Å²) >= 11 is 0. The number of para-hydroxylation sites is 1. The van der Waals surface area contributed by atoms with Crippen molar-refractivity contribution in [1.29, 1.82) is 0 Å². The van der Waals surface area contributed by atoms with Crippen molar-refractivity contribution in [2.24, 2.45) is 16.3 Å². The number of carbonyl (C=O) groups is 2. The zero-order valence-electron chi connectivity index (χ0n) is 22.7. The molecule has 0 bridgehead atoms. The lowest BCUT2D eigenvalue weighted by Crippen LogP contribution is -2.41. The van der Waals surface area contributed by atoms with Crippen LogP contribution < -0.4 is 19.5 Å². The van der Waals surface area contributed by atoms with Gasteiger partial charge >= 0.3 is 6.18 Å². The number of allylic oxidation sites excluding steroid dienone is 2. The van der Waals surface area contributed by atoms with Crippen LogP contribution in [-0.4, -0.2) is 38.7 Å². The van der Waals surface area contributed by atoms with Crippen molar-refractivity contribution in [3.63, 3.8) is 0 Å². The summed E-state index contributed by atoms with van der Waals surface area (Å²) in [6.07, 6.45) is -3.92. The van der Waals surface area contributed by atoms with Crippen LogP contribution in [0.1, 0.15) is 50.7 Å². The van der Waals surface area contributed by atoms with Crippen LogP contribution in [0.3, 0.4) is 0 Å². The third kappa shape index (κ3) is 5.37. The summed E-state index contributed by atoms with van der Waals surface area (Å²) in [5.41, 5.74) is 0.181. The third-order valence-corrected chi connectivity index (χ3v) is 7.12. The first kappa shape index (κ1) is 28.2. The average molecular weight is 545 g/mol. The topological polar surface area (TPSA) is 86.2 Å². The molecule has 2 atom stereocenters. The Hall–Kier alpha value is -3.82. The first-order valence-corrected chi connectivity index (χ1v) is 12.4. The van der Waals surface area contributed by atoms with E-state index >= 15 is 0 Å². The molecule has 1 amide bonds. The summed E-state index contributed by atoms with van der Waals surface area (Å²) in [5, 5.41) is 2.46. The van der Waals surface area contributed by atoms with Gasteiger partial charge in [-0.3, -0.25) is 14.6 Å². The number of benzene rings is 2. The largest absolute Gasteiger partial charge is 0.493 e. The van der Waals surface area contributed by atoms with Gasteiger partial charge < -0.3 is 19.5 Å². The van der Waals surface area contributed by atoms with Gasteiger partial charge in [0.25, 0.3) is 0 Å². The maximum absolute atomic E-state index is 13.8. The first-order chi connectivity index (χ1) is 18.3. The van der Waals surface area contributed by atoms with Gasteiger partial charge in [-0.05, 0) is 48.6 Å². The molecular formula is C29H31F3N2O5. The Morgan fingerprint density at radius 3 is 2.21 bits per heavy atom. The van der Waals surface area contributed by atoms with Crippen molar-refractivity contribution in [2.45, 2.75) is 45.7 Å². The highest BCUT2D eigenvalue weighted by Gasteiger charge is 2.46. The van der Waals surface area contributed by atoms with Crippen molar-refractivity contribution >= 4 is 23.1 Å². The average Bonchev–Trinajstić information content (AvgIpc) is 2.85. The number of alkyl halides is 3. The van der Waals surface area contributed by atoms with Gasteiger partial charge in [0, 0.05) is 29.3 Å². The Balaban J connectivity index is 1.89. The highest BCUT2D eigenvalue weighted by atomic mass is 19.4. The highest BCUT2D eigenvalue weighted by Crippen LogP contribution is 2.50. The van der Waals surface area contributed by atoms with Crippen LogP contribution in [0.2, 0.25) is 0 Å². The molecule has 2 aliphatic rings. The number of aliphatic imine (C=N–C) groups is 1. The Kier molecular flexibility index (Phi) is 7.51. The van der Waals surface area contributed by atoms with E-state index in [4.69, 9.17) is 14.2 Å². The summed E-state index contributed by atoms with van der Waals surface area (Å²) in [4.78, 5) is 32.1. The number of nitrogens with one attached hydrogen (secondary N) is 1. The molecule has 1 N–H and O–H groups in total. The molecule has 4 rings (SSSR count). The Labute approximate surface area is 225 Å². The van der Waals surface area contributed by atoms with Crippen LogP contribution in [0.25, 0.3) is 0 Å². The molecule has 2 aromatic rings. The maximum atomic E-state index is 13.8. The lowest BCUT2D eigenvalue weighted by molar-refractivity contribution is -0.137. The van der Waals surface area contributed by atoms with Crippen LogP contribution in [0.15, 0.2) is 52.7 Å². The number of amides is 1. The molecule has 208 valence electrons. The van der Waals surface area contributed by atoms with E-state index in [2.05, 4.69) is 10.3 Å². The zero-order chi connectivity index (χ0) is 28.7. The maximum Gasteiger partial charge on any atom is 0.418 e. The predicted octanol–water partition coefficient (Wildman–Crippen LogP) is 6.19. The molecule has 10 heteroatoms. The van der Waals surface area contributed by atoms with Gasteiger partial charge in [-0.1, -0.05) is 26.0 Å². The van der Waals surface area contributed by atoms with Crippen molar-refractivity contribution < 1.29 is 37.0 Å². The smallest absolute Gasteiger partial charge is 0.418 e. The number of hydrogen-bond acceptors (Lipinski definition) is 6. The standard InChI is InChI=1S/C29H31F3N2O5/c1-15-23(27(36)34-18-10-8-7-9-17(18)29(30,31)32)24(25-19(33-15)13-28(2,3)14-20(25)35)16-11-21(37-4)26(39-6)22(12-16)38-5/h7-12,23-24H,13-14H2,1-6H3,(H,34,36)/t23?,24-/m1/s1. The molecule has 0 saturated heterocycles. The molecule has 2 aromatic carbocycles. The minimum atomic E-state index is -4.67. The van der Waals surface area contributed by atoms with E-state index in [1.54, 1.807) is 19.1 Å². The number of carbonyl (C=O) groups excluding carboxylic acids is 2. The molecule has 0 saturated carbocycles. The molecule has 1 heterocycles. The van der Waals surface area contributed by atoms with E-state index in [0.717, 1.165) is 6.07 Å². The molecule has 0 fully saturated rings. The highest BCUT2D eigenvalue weighted by molar-refractivity contribution is 6.13. The summed E-state index contributed by atoms with van der Waals surface area (Å²) in [6.45, 7) is 5.60. The molecule has 39 heavy (non-hydrogen) atoms. The molecule has 0 radical (unpaired) electrons. The van der Waals surface area contributed by atoms with Gasteiger partial charge in [0.2, 0.25) is 11.7 Å². The van der Waals surface area contributed by atoms with Gasteiger partial charge in [0.15, 0.2) is 17.3 Å². The number of ether oxygens (including phenoxy) is 3. The van der Waals surface area contributed by atoms with Crippen LogP contribution in [0.5, 0.6) is 17.2 Å². The predicted molar refractivity (Wildman–Crippen MR) is 141 cm³/mol. The molecule has 1 aliphatic heterocycles. The van der Waals surface area contributed by atoms with Crippen LogP contribution >= 0.6 is 0 Å². The second kappa shape index (κ2) is 10.4. The minimum absolute atomic E-state index is 0.162. The van der Waals surface area contributed by atoms with E-state index in [9.17, 15) is 22.8 Å². The fourth-order valence-electron chi connectivity index (χ4n) is 5.48. The Morgan fingerprint density at radius 1 is 1.03 bits per heavy atom. The van der Waals surface area contributed by atoms with Crippen molar-refractivity contribution in [3.8, 4) is 17.2 Å². The molecule has 1 aliphatic carbocycles.